The molecule has 0 aromatic carbocycles. The van der Waals surface area contributed by atoms with Crippen LogP contribution in [-0.2, 0) is 9.53 Å². The molecule has 102 valence electrons. The van der Waals surface area contributed by atoms with Crippen molar-refractivity contribution in [2.45, 2.75) is 6.42 Å². The molecule has 1 fully saturated rings. The van der Waals surface area contributed by atoms with E-state index in [0.717, 1.165) is 0 Å². The Bertz CT molecular complexity index is 518. The molecule has 1 aliphatic rings. The molecule has 0 spiro atoms. The molecule has 2 rings (SSSR count). The SMILES string of the molecule is COC(=O)c1cc(N)cnc1N1CCC(C(N)=O)C1. The van der Waals surface area contributed by atoms with Gasteiger partial charge in [-0.2, -0.15) is 0 Å². The van der Waals surface area contributed by atoms with Crippen molar-refractivity contribution < 1.29 is 14.3 Å². The maximum atomic E-state index is 11.7. The van der Waals surface area contributed by atoms with Crippen molar-refractivity contribution in [1.82, 2.24) is 4.98 Å². The van der Waals surface area contributed by atoms with Crippen LogP contribution in [0.2, 0.25) is 0 Å². The smallest absolute Gasteiger partial charge is 0.341 e. The highest BCUT2D eigenvalue weighted by atomic mass is 16.5. The number of pyridine rings is 1. The van der Waals surface area contributed by atoms with Crippen molar-refractivity contribution in [3.63, 3.8) is 0 Å². The van der Waals surface area contributed by atoms with Gasteiger partial charge in [-0.1, -0.05) is 0 Å². The summed E-state index contributed by atoms with van der Waals surface area (Å²) in [5, 5.41) is 0. The molecule has 0 aliphatic carbocycles. The molecule has 0 radical (unpaired) electrons. The van der Waals surface area contributed by atoms with E-state index >= 15 is 0 Å². The Kier molecular flexibility index (Phi) is 3.55. The molecule has 2 heterocycles. The van der Waals surface area contributed by atoms with E-state index in [4.69, 9.17) is 16.2 Å². The number of hydrogen-bond donors (Lipinski definition) is 2. The van der Waals surface area contributed by atoms with Crippen molar-refractivity contribution in [1.29, 1.82) is 0 Å². The molecule has 1 aliphatic heterocycles. The van der Waals surface area contributed by atoms with Gasteiger partial charge in [0.2, 0.25) is 5.91 Å². The normalized spacial score (nSPS) is 18.4. The van der Waals surface area contributed by atoms with Crippen molar-refractivity contribution in [2.24, 2.45) is 11.7 Å². The van der Waals surface area contributed by atoms with Gasteiger partial charge in [0.1, 0.15) is 11.4 Å². The van der Waals surface area contributed by atoms with Crippen molar-refractivity contribution in [3.05, 3.63) is 17.8 Å². The Morgan fingerprint density at radius 2 is 2.26 bits per heavy atom. The van der Waals surface area contributed by atoms with Gasteiger partial charge < -0.3 is 21.1 Å². The summed E-state index contributed by atoms with van der Waals surface area (Å²) >= 11 is 0. The predicted molar refractivity (Wildman–Crippen MR) is 69.5 cm³/mol. The largest absolute Gasteiger partial charge is 0.465 e. The Morgan fingerprint density at radius 3 is 2.84 bits per heavy atom. The van der Waals surface area contributed by atoms with E-state index in [1.165, 1.54) is 19.4 Å². The van der Waals surface area contributed by atoms with Crippen molar-refractivity contribution in [3.8, 4) is 0 Å². The first-order chi connectivity index (χ1) is 9.02. The number of primary amides is 1. The van der Waals surface area contributed by atoms with Gasteiger partial charge in [0.05, 0.1) is 24.9 Å². The molecular weight excluding hydrogens is 248 g/mol. The second-order valence-electron chi connectivity index (χ2n) is 4.47. The van der Waals surface area contributed by atoms with Crippen molar-refractivity contribution >= 4 is 23.4 Å². The number of aromatic nitrogens is 1. The molecule has 0 saturated carbocycles. The van der Waals surface area contributed by atoms with Crippen LogP contribution in [0.5, 0.6) is 0 Å². The van der Waals surface area contributed by atoms with Gasteiger partial charge in [0, 0.05) is 13.1 Å². The molecule has 7 nitrogen and oxygen atoms in total. The van der Waals surface area contributed by atoms with Gasteiger partial charge in [-0.25, -0.2) is 9.78 Å². The molecule has 1 atom stereocenters. The van der Waals surface area contributed by atoms with Gasteiger partial charge in [-0.05, 0) is 12.5 Å². The molecule has 1 aromatic heterocycles. The molecule has 1 saturated heterocycles. The Hall–Kier alpha value is -2.31. The number of rotatable bonds is 3. The average Bonchev–Trinajstić information content (AvgIpc) is 2.87. The molecule has 0 bridgehead atoms. The second kappa shape index (κ2) is 5.13. The number of carbonyl (C=O) groups excluding carboxylic acids is 2. The summed E-state index contributed by atoms with van der Waals surface area (Å²) in [5.74, 6) is -0.579. The van der Waals surface area contributed by atoms with E-state index in [-0.39, 0.29) is 11.8 Å². The summed E-state index contributed by atoms with van der Waals surface area (Å²) < 4.78 is 4.71. The molecule has 1 amide bonds. The summed E-state index contributed by atoms with van der Waals surface area (Å²) in [5.41, 5.74) is 11.6. The van der Waals surface area contributed by atoms with Crippen LogP contribution in [0.4, 0.5) is 11.5 Å². The van der Waals surface area contributed by atoms with E-state index in [1.807, 2.05) is 4.90 Å². The molecular formula is C12H16N4O3. The number of anilines is 2. The number of hydrogen-bond acceptors (Lipinski definition) is 6. The monoisotopic (exact) mass is 264 g/mol. The molecule has 7 heteroatoms. The lowest BCUT2D eigenvalue weighted by Gasteiger charge is -2.19. The number of amides is 1. The minimum atomic E-state index is -0.502. The number of nitrogens with zero attached hydrogens (tertiary/aromatic N) is 2. The maximum Gasteiger partial charge on any atom is 0.341 e. The zero-order valence-corrected chi connectivity index (χ0v) is 10.6. The third-order valence-corrected chi connectivity index (χ3v) is 3.18. The quantitative estimate of drug-likeness (QED) is 0.729. The summed E-state index contributed by atoms with van der Waals surface area (Å²) in [4.78, 5) is 28.9. The standard InChI is InChI=1S/C12H16N4O3/c1-19-12(18)9-4-8(13)5-15-11(9)16-3-2-7(6-16)10(14)17/h4-5,7H,2-3,6,13H2,1H3,(H2,14,17). The topological polar surface area (TPSA) is 112 Å². The van der Waals surface area contributed by atoms with Crippen LogP contribution in [-0.4, -0.2) is 37.1 Å². The van der Waals surface area contributed by atoms with Crippen LogP contribution in [0.1, 0.15) is 16.8 Å². The molecule has 1 unspecified atom stereocenters. The van der Waals surface area contributed by atoms with E-state index < -0.39 is 5.97 Å². The predicted octanol–water partition coefficient (Wildman–Crippen LogP) is -0.238. The lowest BCUT2D eigenvalue weighted by Crippen LogP contribution is -2.28. The zero-order valence-electron chi connectivity index (χ0n) is 10.6. The fourth-order valence-corrected chi connectivity index (χ4v) is 2.17. The van der Waals surface area contributed by atoms with Gasteiger partial charge in [0.15, 0.2) is 0 Å². The highest BCUT2D eigenvalue weighted by molar-refractivity contribution is 5.96. The number of nitrogen functional groups attached to an aromatic ring is 1. The Morgan fingerprint density at radius 1 is 1.53 bits per heavy atom. The highest BCUT2D eigenvalue weighted by Gasteiger charge is 2.30. The van der Waals surface area contributed by atoms with Crippen LogP contribution in [0.3, 0.4) is 0 Å². The van der Waals surface area contributed by atoms with Crippen LogP contribution < -0.4 is 16.4 Å². The second-order valence-corrected chi connectivity index (χ2v) is 4.47. The number of esters is 1. The van der Waals surface area contributed by atoms with Crippen molar-refractivity contribution in [2.75, 3.05) is 30.8 Å². The third-order valence-electron chi connectivity index (χ3n) is 3.18. The summed E-state index contributed by atoms with van der Waals surface area (Å²) in [7, 11) is 1.30. The number of nitrogens with two attached hydrogens (primary N) is 2. The molecule has 19 heavy (non-hydrogen) atoms. The maximum absolute atomic E-state index is 11.7. The first kappa shape index (κ1) is 13.1. The van der Waals surface area contributed by atoms with E-state index in [0.29, 0.717) is 36.6 Å². The third kappa shape index (κ3) is 2.59. The van der Waals surface area contributed by atoms with Crippen LogP contribution >= 0.6 is 0 Å². The minimum absolute atomic E-state index is 0.218. The van der Waals surface area contributed by atoms with Gasteiger partial charge in [0.25, 0.3) is 0 Å². The fraction of sp³-hybridized carbons (Fsp3) is 0.417. The number of methoxy groups -OCH3 is 1. The van der Waals surface area contributed by atoms with Crippen LogP contribution in [0.25, 0.3) is 0 Å². The van der Waals surface area contributed by atoms with E-state index in [9.17, 15) is 9.59 Å². The highest BCUT2D eigenvalue weighted by Crippen LogP contribution is 2.26. The lowest BCUT2D eigenvalue weighted by molar-refractivity contribution is -0.121. The molecule has 1 aromatic rings. The average molecular weight is 264 g/mol. The zero-order chi connectivity index (χ0) is 14.0. The van der Waals surface area contributed by atoms with Gasteiger partial charge >= 0.3 is 5.97 Å². The first-order valence-electron chi connectivity index (χ1n) is 5.91. The minimum Gasteiger partial charge on any atom is -0.465 e. The summed E-state index contributed by atoms with van der Waals surface area (Å²) in [6.45, 7) is 1.07. The van der Waals surface area contributed by atoms with Crippen LogP contribution in [0.15, 0.2) is 12.3 Å². The van der Waals surface area contributed by atoms with E-state index in [2.05, 4.69) is 4.98 Å². The summed E-state index contributed by atoms with van der Waals surface area (Å²) in [6.07, 6.45) is 2.13. The Balaban J connectivity index is 2.30. The lowest BCUT2D eigenvalue weighted by atomic mass is 10.1. The first-order valence-corrected chi connectivity index (χ1v) is 5.91. The molecule has 4 N–H and O–H groups in total. The van der Waals surface area contributed by atoms with Crippen LogP contribution in [0, 0.1) is 5.92 Å². The fourth-order valence-electron chi connectivity index (χ4n) is 2.17. The summed E-state index contributed by atoms with van der Waals surface area (Å²) in [6, 6.07) is 1.52. The number of ether oxygens (including phenoxy) is 1. The number of carbonyl (C=O) groups is 2. The van der Waals surface area contributed by atoms with Gasteiger partial charge in [-0.15, -0.1) is 0 Å². The van der Waals surface area contributed by atoms with E-state index in [1.54, 1.807) is 0 Å². The van der Waals surface area contributed by atoms with Gasteiger partial charge in [-0.3, -0.25) is 4.79 Å². The Labute approximate surface area is 110 Å².